The molecule has 5 heteroatoms. The molecule has 2 atom stereocenters. The number of hydrogen-bond donors (Lipinski definition) is 2. The zero-order chi connectivity index (χ0) is 15.8. The summed E-state index contributed by atoms with van der Waals surface area (Å²) >= 11 is 0. The van der Waals surface area contributed by atoms with Crippen molar-refractivity contribution in [1.82, 2.24) is 5.32 Å². The van der Waals surface area contributed by atoms with Crippen LogP contribution >= 0.6 is 0 Å². The Balaban J connectivity index is 2.17. The van der Waals surface area contributed by atoms with Gasteiger partial charge in [0, 0.05) is 18.2 Å². The van der Waals surface area contributed by atoms with Gasteiger partial charge in [0.25, 0.3) is 0 Å². The number of aliphatic hydroxyl groups excluding tert-OH is 1. The summed E-state index contributed by atoms with van der Waals surface area (Å²) in [6.45, 7) is 11.8. The van der Waals surface area contributed by atoms with Crippen molar-refractivity contribution < 1.29 is 19.0 Å². The lowest BCUT2D eigenvalue weighted by molar-refractivity contribution is -0.0104. The molecule has 122 valence electrons. The maximum atomic E-state index is 9.88. The number of furan rings is 1. The normalized spacial score (nSPS) is 14.6. The van der Waals surface area contributed by atoms with Gasteiger partial charge in [-0.1, -0.05) is 0 Å². The van der Waals surface area contributed by atoms with Crippen molar-refractivity contribution in [3.63, 3.8) is 0 Å². The summed E-state index contributed by atoms with van der Waals surface area (Å²) in [5.74, 6) is 1.83. The van der Waals surface area contributed by atoms with Crippen molar-refractivity contribution in [3.8, 4) is 0 Å². The number of nitrogens with one attached hydrogen (secondary N) is 1. The molecule has 2 N–H and O–H groups in total. The fourth-order valence-electron chi connectivity index (χ4n) is 2.12. The fraction of sp³-hybridized carbons (Fsp3) is 0.750. The van der Waals surface area contributed by atoms with E-state index in [-0.39, 0.29) is 12.1 Å². The molecule has 0 spiro atoms. The highest BCUT2D eigenvalue weighted by atomic mass is 16.5. The third kappa shape index (κ3) is 7.09. The molecule has 1 heterocycles. The Bertz CT molecular complexity index is 403. The molecule has 21 heavy (non-hydrogen) atoms. The van der Waals surface area contributed by atoms with E-state index < -0.39 is 6.10 Å². The second-order valence-corrected chi connectivity index (χ2v) is 5.65. The average molecular weight is 299 g/mol. The highest BCUT2D eigenvalue weighted by molar-refractivity contribution is 5.23. The first-order valence-electron chi connectivity index (χ1n) is 7.57. The van der Waals surface area contributed by atoms with E-state index in [0.29, 0.717) is 26.4 Å². The van der Waals surface area contributed by atoms with Gasteiger partial charge in [0.1, 0.15) is 11.5 Å². The molecular weight excluding hydrogens is 270 g/mol. The van der Waals surface area contributed by atoms with Crippen LogP contribution in [0, 0.1) is 13.8 Å². The summed E-state index contributed by atoms with van der Waals surface area (Å²) < 4.78 is 16.3. The van der Waals surface area contributed by atoms with Crippen molar-refractivity contribution in [3.05, 3.63) is 23.2 Å². The highest BCUT2D eigenvalue weighted by Gasteiger charge is 2.13. The Labute approximate surface area is 127 Å². The predicted molar refractivity (Wildman–Crippen MR) is 82.5 cm³/mol. The monoisotopic (exact) mass is 299 g/mol. The van der Waals surface area contributed by atoms with Crippen LogP contribution in [0.5, 0.6) is 0 Å². The van der Waals surface area contributed by atoms with Crippen LogP contribution in [0.4, 0.5) is 0 Å². The molecule has 1 rings (SSSR count). The van der Waals surface area contributed by atoms with Gasteiger partial charge in [0.15, 0.2) is 0 Å². The molecule has 1 aromatic heterocycles. The van der Waals surface area contributed by atoms with Gasteiger partial charge in [-0.3, -0.25) is 0 Å². The Morgan fingerprint density at radius 2 is 1.95 bits per heavy atom. The number of rotatable bonds is 10. The lowest BCUT2D eigenvalue weighted by Crippen LogP contribution is -2.32. The molecule has 0 saturated carbocycles. The minimum Gasteiger partial charge on any atom is -0.466 e. The van der Waals surface area contributed by atoms with Crippen molar-refractivity contribution in [2.24, 2.45) is 0 Å². The first-order chi connectivity index (χ1) is 9.90. The lowest BCUT2D eigenvalue weighted by Gasteiger charge is -2.17. The van der Waals surface area contributed by atoms with E-state index in [2.05, 4.69) is 12.2 Å². The molecule has 0 aliphatic rings. The van der Waals surface area contributed by atoms with Crippen molar-refractivity contribution >= 4 is 0 Å². The predicted octanol–water partition coefficient (Wildman–Crippen LogP) is 2.35. The van der Waals surface area contributed by atoms with Crippen molar-refractivity contribution in [2.75, 3.05) is 26.4 Å². The standard InChI is InChI=1S/C16H29NO4/c1-11(2)20-7-6-19-10-15(18)9-17-13(4)16-8-12(3)21-14(16)5/h8,11,13,15,17-18H,6-7,9-10H2,1-5H3. The average Bonchev–Trinajstić information content (AvgIpc) is 2.74. The summed E-state index contributed by atoms with van der Waals surface area (Å²) in [6, 6.07) is 2.17. The third-order valence-electron chi connectivity index (χ3n) is 3.19. The van der Waals surface area contributed by atoms with Crippen molar-refractivity contribution in [2.45, 2.75) is 52.9 Å². The second kappa shape index (κ2) is 9.20. The van der Waals surface area contributed by atoms with E-state index in [4.69, 9.17) is 13.9 Å². The van der Waals surface area contributed by atoms with Crippen LogP contribution in [0.1, 0.15) is 43.9 Å². The van der Waals surface area contributed by atoms with E-state index >= 15 is 0 Å². The van der Waals surface area contributed by atoms with Crippen LogP contribution in [-0.4, -0.2) is 43.7 Å². The van der Waals surface area contributed by atoms with Gasteiger partial charge in [-0.2, -0.15) is 0 Å². The second-order valence-electron chi connectivity index (χ2n) is 5.65. The molecular formula is C16H29NO4. The summed E-state index contributed by atoms with van der Waals surface area (Å²) in [5, 5.41) is 13.2. The summed E-state index contributed by atoms with van der Waals surface area (Å²) in [6.07, 6.45) is -0.317. The first kappa shape index (κ1) is 18.2. The third-order valence-corrected chi connectivity index (χ3v) is 3.19. The molecule has 0 aromatic carbocycles. The Morgan fingerprint density at radius 3 is 2.52 bits per heavy atom. The zero-order valence-electron chi connectivity index (χ0n) is 13.8. The number of aryl methyl sites for hydroxylation is 2. The van der Waals surface area contributed by atoms with E-state index in [9.17, 15) is 5.11 Å². The van der Waals surface area contributed by atoms with E-state index in [1.807, 2.05) is 33.8 Å². The van der Waals surface area contributed by atoms with Crippen LogP contribution < -0.4 is 5.32 Å². The van der Waals surface area contributed by atoms with Crippen LogP contribution in [0.2, 0.25) is 0 Å². The van der Waals surface area contributed by atoms with Gasteiger partial charge in [0.05, 0.1) is 32.0 Å². The van der Waals surface area contributed by atoms with E-state index in [1.54, 1.807) is 0 Å². The number of hydrogen-bond acceptors (Lipinski definition) is 5. The summed E-state index contributed by atoms with van der Waals surface area (Å²) in [5.41, 5.74) is 1.13. The molecule has 0 saturated heterocycles. The van der Waals surface area contributed by atoms with Gasteiger partial charge < -0.3 is 24.3 Å². The molecule has 0 radical (unpaired) electrons. The fourth-order valence-corrected chi connectivity index (χ4v) is 2.12. The minimum absolute atomic E-state index is 0.140. The summed E-state index contributed by atoms with van der Waals surface area (Å²) in [4.78, 5) is 0. The van der Waals surface area contributed by atoms with Crippen LogP contribution in [0.15, 0.2) is 10.5 Å². The zero-order valence-corrected chi connectivity index (χ0v) is 13.8. The molecule has 2 unspecified atom stereocenters. The molecule has 0 fully saturated rings. The smallest absolute Gasteiger partial charge is 0.105 e. The van der Waals surface area contributed by atoms with Gasteiger partial charge >= 0.3 is 0 Å². The minimum atomic E-state index is -0.528. The van der Waals surface area contributed by atoms with Crippen LogP contribution in [0.25, 0.3) is 0 Å². The van der Waals surface area contributed by atoms with Crippen LogP contribution in [0.3, 0.4) is 0 Å². The van der Waals surface area contributed by atoms with Gasteiger partial charge in [-0.05, 0) is 40.7 Å². The van der Waals surface area contributed by atoms with E-state index in [1.165, 1.54) is 0 Å². The quantitative estimate of drug-likeness (QED) is 0.649. The van der Waals surface area contributed by atoms with Crippen molar-refractivity contribution in [1.29, 1.82) is 0 Å². The Kier molecular flexibility index (Phi) is 7.96. The van der Waals surface area contributed by atoms with Gasteiger partial charge in [-0.15, -0.1) is 0 Å². The SMILES string of the molecule is Cc1cc(C(C)NCC(O)COCCOC(C)C)c(C)o1. The molecule has 0 aliphatic heterocycles. The molecule has 1 aromatic rings. The largest absolute Gasteiger partial charge is 0.466 e. The molecule has 5 nitrogen and oxygen atoms in total. The Morgan fingerprint density at radius 1 is 1.24 bits per heavy atom. The number of aliphatic hydroxyl groups is 1. The summed E-state index contributed by atoms with van der Waals surface area (Å²) in [7, 11) is 0. The van der Waals surface area contributed by atoms with Gasteiger partial charge in [-0.25, -0.2) is 0 Å². The first-order valence-corrected chi connectivity index (χ1v) is 7.57. The van der Waals surface area contributed by atoms with E-state index in [0.717, 1.165) is 17.1 Å². The molecule has 0 aliphatic carbocycles. The van der Waals surface area contributed by atoms with Crippen LogP contribution in [-0.2, 0) is 9.47 Å². The lowest BCUT2D eigenvalue weighted by atomic mass is 10.1. The Hall–Kier alpha value is -0.880. The van der Waals surface area contributed by atoms with Gasteiger partial charge in [0.2, 0.25) is 0 Å². The number of ether oxygens (including phenoxy) is 2. The highest BCUT2D eigenvalue weighted by Crippen LogP contribution is 2.20. The topological polar surface area (TPSA) is 63.9 Å². The molecule has 0 amide bonds. The molecule has 0 bridgehead atoms. The maximum Gasteiger partial charge on any atom is 0.105 e. The maximum absolute atomic E-state index is 9.88.